The van der Waals surface area contributed by atoms with E-state index in [9.17, 15) is 14.7 Å². The molecule has 0 fully saturated rings. The van der Waals surface area contributed by atoms with Crippen molar-refractivity contribution in [3.63, 3.8) is 0 Å². The molecule has 0 saturated heterocycles. The Morgan fingerprint density at radius 1 is 1.35 bits per heavy atom. The number of phenolic OH excluding ortho intramolecular Hbond substituents is 1. The second-order valence-corrected chi connectivity index (χ2v) is 3.45. The van der Waals surface area contributed by atoms with Crippen LogP contribution in [-0.2, 0) is 9.53 Å². The monoisotopic (exact) mass is 237 g/mol. The third-order valence-corrected chi connectivity index (χ3v) is 2.22. The van der Waals surface area contributed by atoms with Crippen LogP contribution in [0.15, 0.2) is 24.3 Å². The minimum atomic E-state index is -0.354. The van der Waals surface area contributed by atoms with Gasteiger partial charge in [0.2, 0.25) is 0 Å². The summed E-state index contributed by atoms with van der Waals surface area (Å²) in [5.41, 5.74) is 0.227. The number of aromatic hydroxyl groups is 1. The van der Waals surface area contributed by atoms with Gasteiger partial charge in [0.1, 0.15) is 5.75 Å². The van der Waals surface area contributed by atoms with Gasteiger partial charge in [-0.05, 0) is 18.6 Å². The standard InChI is InChI=1S/C12H15NO4/c1-17-11(15)7-4-8-13-12(16)9-5-2-3-6-10(9)14/h2-3,5-6,14H,4,7-8H2,1H3,(H,13,16). The fourth-order valence-corrected chi connectivity index (χ4v) is 1.30. The molecule has 17 heavy (non-hydrogen) atoms. The zero-order valence-electron chi connectivity index (χ0n) is 9.60. The van der Waals surface area contributed by atoms with Crippen LogP contribution in [0.5, 0.6) is 5.75 Å². The maximum absolute atomic E-state index is 11.6. The van der Waals surface area contributed by atoms with Crippen LogP contribution in [0.2, 0.25) is 0 Å². The molecule has 0 atom stereocenters. The SMILES string of the molecule is COC(=O)CCCNC(=O)c1ccccc1O. The first-order valence-corrected chi connectivity index (χ1v) is 5.28. The summed E-state index contributed by atoms with van der Waals surface area (Å²) in [6.07, 6.45) is 0.767. The predicted molar refractivity (Wildman–Crippen MR) is 61.7 cm³/mol. The molecule has 0 aromatic heterocycles. The molecule has 1 aromatic rings. The van der Waals surface area contributed by atoms with Crippen molar-refractivity contribution in [2.45, 2.75) is 12.8 Å². The van der Waals surface area contributed by atoms with Gasteiger partial charge in [0.15, 0.2) is 0 Å². The summed E-state index contributed by atoms with van der Waals surface area (Å²) in [6.45, 7) is 0.363. The molecular formula is C12H15NO4. The number of amides is 1. The lowest BCUT2D eigenvalue weighted by Crippen LogP contribution is -2.25. The van der Waals surface area contributed by atoms with Crippen LogP contribution >= 0.6 is 0 Å². The lowest BCUT2D eigenvalue weighted by atomic mass is 10.2. The molecule has 1 rings (SSSR count). The van der Waals surface area contributed by atoms with Crippen LogP contribution in [0.25, 0.3) is 0 Å². The first kappa shape index (κ1) is 13.0. The number of nitrogens with one attached hydrogen (secondary N) is 1. The van der Waals surface area contributed by atoms with Gasteiger partial charge in [-0.1, -0.05) is 12.1 Å². The molecule has 0 aliphatic carbocycles. The summed E-state index contributed by atoms with van der Waals surface area (Å²) >= 11 is 0. The maximum Gasteiger partial charge on any atom is 0.305 e. The molecule has 0 aliphatic heterocycles. The highest BCUT2D eigenvalue weighted by Crippen LogP contribution is 2.14. The molecule has 0 aliphatic rings. The summed E-state index contributed by atoms with van der Waals surface area (Å²) in [5, 5.41) is 12.0. The zero-order chi connectivity index (χ0) is 12.7. The van der Waals surface area contributed by atoms with Gasteiger partial charge < -0.3 is 15.2 Å². The van der Waals surface area contributed by atoms with E-state index in [4.69, 9.17) is 0 Å². The van der Waals surface area contributed by atoms with Gasteiger partial charge in [-0.15, -0.1) is 0 Å². The van der Waals surface area contributed by atoms with E-state index in [1.807, 2.05) is 0 Å². The minimum absolute atomic E-state index is 0.0574. The number of phenols is 1. The van der Waals surface area contributed by atoms with E-state index in [2.05, 4.69) is 10.1 Å². The van der Waals surface area contributed by atoms with Crippen LogP contribution in [-0.4, -0.2) is 30.6 Å². The van der Waals surface area contributed by atoms with Crippen molar-refractivity contribution in [1.29, 1.82) is 0 Å². The van der Waals surface area contributed by atoms with Gasteiger partial charge >= 0.3 is 5.97 Å². The molecular weight excluding hydrogens is 222 g/mol. The molecule has 0 radical (unpaired) electrons. The van der Waals surface area contributed by atoms with E-state index in [1.165, 1.54) is 19.2 Å². The lowest BCUT2D eigenvalue weighted by Gasteiger charge is -2.06. The number of carbonyl (C=O) groups excluding carboxylic acids is 2. The van der Waals surface area contributed by atoms with Gasteiger partial charge in [-0.3, -0.25) is 9.59 Å². The third kappa shape index (κ3) is 4.14. The van der Waals surface area contributed by atoms with E-state index < -0.39 is 0 Å². The zero-order valence-corrected chi connectivity index (χ0v) is 9.60. The van der Waals surface area contributed by atoms with Crippen LogP contribution < -0.4 is 5.32 Å². The predicted octanol–water partition coefficient (Wildman–Crippen LogP) is 1.08. The molecule has 2 N–H and O–H groups in total. The third-order valence-electron chi connectivity index (χ3n) is 2.22. The summed E-state index contributed by atoms with van der Waals surface area (Å²) in [4.78, 5) is 22.4. The second-order valence-electron chi connectivity index (χ2n) is 3.45. The van der Waals surface area contributed by atoms with Gasteiger partial charge in [0.05, 0.1) is 12.7 Å². The maximum atomic E-state index is 11.6. The molecule has 0 saturated carbocycles. The first-order chi connectivity index (χ1) is 8.15. The fourth-order valence-electron chi connectivity index (χ4n) is 1.30. The summed E-state index contributed by atoms with van der Waals surface area (Å²) < 4.78 is 4.47. The highest BCUT2D eigenvalue weighted by molar-refractivity contribution is 5.96. The van der Waals surface area contributed by atoms with E-state index in [1.54, 1.807) is 12.1 Å². The number of ether oxygens (including phenoxy) is 1. The van der Waals surface area contributed by atoms with Crippen LogP contribution in [0.1, 0.15) is 23.2 Å². The first-order valence-electron chi connectivity index (χ1n) is 5.28. The molecule has 92 valence electrons. The van der Waals surface area contributed by atoms with Crippen molar-refractivity contribution < 1.29 is 19.4 Å². The molecule has 0 unspecified atom stereocenters. The van der Waals surface area contributed by atoms with Crippen molar-refractivity contribution in [3.8, 4) is 5.75 Å². The van der Waals surface area contributed by atoms with Crippen LogP contribution in [0.3, 0.4) is 0 Å². The van der Waals surface area contributed by atoms with Crippen molar-refractivity contribution in [1.82, 2.24) is 5.32 Å². The Morgan fingerprint density at radius 2 is 2.06 bits per heavy atom. The number of hydrogen-bond donors (Lipinski definition) is 2. The highest BCUT2D eigenvalue weighted by atomic mass is 16.5. The topological polar surface area (TPSA) is 75.6 Å². The number of benzene rings is 1. The molecule has 1 aromatic carbocycles. The number of esters is 1. The number of methoxy groups -OCH3 is 1. The van der Waals surface area contributed by atoms with Gasteiger partial charge in [-0.2, -0.15) is 0 Å². The smallest absolute Gasteiger partial charge is 0.305 e. The Kier molecular flexibility index (Phi) is 5.00. The summed E-state index contributed by atoms with van der Waals surface area (Å²) in [6, 6.07) is 6.29. The number of carbonyl (C=O) groups is 2. The van der Waals surface area contributed by atoms with Crippen LogP contribution in [0.4, 0.5) is 0 Å². The van der Waals surface area contributed by atoms with Crippen molar-refractivity contribution >= 4 is 11.9 Å². The average Bonchev–Trinajstić information content (AvgIpc) is 2.34. The van der Waals surface area contributed by atoms with E-state index in [0.29, 0.717) is 13.0 Å². The van der Waals surface area contributed by atoms with Gasteiger partial charge in [0, 0.05) is 13.0 Å². The molecule has 0 bridgehead atoms. The molecule has 0 spiro atoms. The Bertz CT molecular complexity index is 403. The number of hydrogen-bond acceptors (Lipinski definition) is 4. The summed E-state index contributed by atoms with van der Waals surface area (Å²) in [5.74, 6) is -0.715. The minimum Gasteiger partial charge on any atom is -0.507 e. The van der Waals surface area contributed by atoms with Crippen molar-refractivity contribution in [3.05, 3.63) is 29.8 Å². The molecule has 1 amide bonds. The molecule has 0 heterocycles. The van der Waals surface area contributed by atoms with E-state index >= 15 is 0 Å². The fraction of sp³-hybridized carbons (Fsp3) is 0.333. The quantitative estimate of drug-likeness (QED) is 0.593. The largest absolute Gasteiger partial charge is 0.507 e. The lowest BCUT2D eigenvalue weighted by molar-refractivity contribution is -0.140. The molecule has 5 nitrogen and oxygen atoms in total. The van der Waals surface area contributed by atoms with E-state index in [0.717, 1.165) is 0 Å². The Hall–Kier alpha value is -2.04. The summed E-state index contributed by atoms with van der Waals surface area (Å²) in [7, 11) is 1.32. The van der Waals surface area contributed by atoms with Gasteiger partial charge in [-0.25, -0.2) is 0 Å². The number of para-hydroxylation sites is 1. The Balaban J connectivity index is 2.36. The molecule has 5 heteroatoms. The number of rotatable bonds is 5. The van der Waals surface area contributed by atoms with E-state index in [-0.39, 0.29) is 29.6 Å². The Morgan fingerprint density at radius 3 is 2.71 bits per heavy atom. The van der Waals surface area contributed by atoms with Crippen molar-refractivity contribution in [2.75, 3.05) is 13.7 Å². The average molecular weight is 237 g/mol. The highest BCUT2D eigenvalue weighted by Gasteiger charge is 2.09. The van der Waals surface area contributed by atoms with Crippen LogP contribution in [0, 0.1) is 0 Å². The normalized spacial score (nSPS) is 9.71. The van der Waals surface area contributed by atoms with Crippen molar-refractivity contribution in [2.24, 2.45) is 0 Å². The Labute approximate surface area is 99.4 Å². The second kappa shape index (κ2) is 6.52. The van der Waals surface area contributed by atoms with Gasteiger partial charge in [0.25, 0.3) is 5.91 Å².